The Morgan fingerprint density at radius 3 is 2.43 bits per heavy atom. The topological polar surface area (TPSA) is 35.6 Å². The molecule has 0 aliphatic heterocycles. The molecule has 1 aromatic rings. The number of carbonyl (C=O) groups is 1. The van der Waals surface area contributed by atoms with Crippen molar-refractivity contribution in [1.29, 1.82) is 0 Å². The van der Waals surface area contributed by atoms with Crippen LogP contribution in [-0.4, -0.2) is 44.0 Å². The van der Waals surface area contributed by atoms with Crippen molar-refractivity contribution in [2.75, 3.05) is 38.1 Å². The average molecular weight is 295 g/mol. The summed E-state index contributed by atoms with van der Waals surface area (Å²) < 4.78 is 14.1. The van der Waals surface area contributed by atoms with Gasteiger partial charge in [-0.1, -0.05) is 13.0 Å². The molecule has 1 N–H and O–H groups in total. The van der Waals surface area contributed by atoms with Gasteiger partial charge in [0.15, 0.2) is 0 Å². The van der Waals surface area contributed by atoms with Crippen LogP contribution in [0.1, 0.15) is 26.3 Å². The van der Waals surface area contributed by atoms with Gasteiger partial charge < -0.3 is 15.1 Å². The first kappa shape index (κ1) is 17.4. The third kappa shape index (κ3) is 5.01. The number of halogens is 1. The number of benzene rings is 1. The van der Waals surface area contributed by atoms with Gasteiger partial charge in [-0.25, -0.2) is 4.39 Å². The quantitative estimate of drug-likeness (QED) is 0.799. The van der Waals surface area contributed by atoms with Crippen LogP contribution in [0.2, 0.25) is 0 Å². The summed E-state index contributed by atoms with van der Waals surface area (Å²) in [5.41, 5.74) is 1.36. The van der Waals surface area contributed by atoms with Crippen molar-refractivity contribution in [3.63, 3.8) is 0 Å². The van der Waals surface area contributed by atoms with Crippen molar-refractivity contribution in [3.05, 3.63) is 29.6 Å². The number of anilines is 1. The first-order valence-electron chi connectivity index (χ1n) is 7.51. The number of rotatable bonds is 8. The molecule has 0 atom stereocenters. The maximum absolute atomic E-state index is 14.1. The summed E-state index contributed by atoms with van der Waals surface area (Å²) in [4.78, 5) is 15.5. The highest BCUT2D eigenvalue weighted by molar-refractivity contribution is 5.81. The Labute approximate surface area is 126 Å². The third-order valence-corrected chi connectivity index (χ3v) is 3.49. The maximum atomic E-state index is 14.1. The summed E-state index contributed by atoms with van der Waals surface area (Å²) in [6.45, 7) is 8.93. The van der Waals surface area contributed by atoms with E-state index in [0.717, 1.165) is 12.1 Å². The zero-order valence-corrected chi connectivity index (χ0v) is 13.4. The Balaban J connectivity index is 2.74. The molecule has 1 rings (SSSR count). The van der Waals surface area contributed by atoms with Crippen molar-refractivity contribution < 1.29 is 9.18 Å². The van der Waals surface area contributed by atoms with Crippen LogP contribution >= 0.6 is 0 Å². The van der Waals surface area contributed by atoms with E-state index in [0.29, 0.717) is 25.3 Å². The molecule has 0 saturated carbocycles. The number of nitrogens with one attached hydrogen (secondary N) is 1. The SMILES string of the molecule is CCNCc1ccc(N(C)CC(=O)N(CC)CC)c(F)c1. The number of hydrogen-bond acceptors (Lipinski definition) is 3. The molecular formula is C16H26FN3O. The van der Waals surface area contributed by atoms with E-state index in [4.69, 9.17) is 0 Å². The van der Waals surface area contributed by atoms with Crippen molar-refractivity contribution >= 4 is 11.6 Å². The van der Waals surface area contributed by atoms with Gasteiger partial charge in [0.05, 0.1) is 12.2 Å². The number of likely N-dealkylation sites (N-methyl/N-ethyl adjacent to an activating group) is 2. The van der Waals surface area contributed by atoms with Crippen molar-refractivity contribution in [2.24, 2.45) is 0 Å². The molecular weight excluding hydrogens is 269 g/mol. The van der Waals surface area contributed by atoms with E-state index in [1.165, 1.54) is 6.07 Å². The van der Waals surface area contributed by atoms with Crippen molar-refractivity contribution in [2.45, 2.75) is 27.3 Å². The predicted octanol–water partition coefficient (Wildman–Crippen LogP) is 2.24. The van der Waals surface area contributed by atoms with Crippen LogP contribution in [-0.2, 0) is 11.3 Å². The highest BCUT2D eigenvalue weighted by Crippen LogP contribution is 2.19. The fourth-order valence-electron chi connectivity index (χ4n) is 2.20. The fourth-order valence-corrected chi connectivity index (χ4v) is 2.20. The smallest absolute Gasteiger partial charge is 0.242 e. The number of nitrogens with zero attached hydrogens (tertiary/aromatic N) is 2. The molecule has 0 bridgehead atoms. The largest absolute Gasteiger partial charge is 0.363 e. The van der Waals surface area contributed by atoms with Crippen LogP contribution in [0.15, 0.2) is 18.2 Å². The van der Waals surface area contributed by atoms with Gasteiger partial charge in [0.25, 0.3) is 0 Å². The molecule has 1 amide bonds. The molecule has 4 nitrogen and oxygen atoms in total. The Kier molecular flexibility index (Phi) is 7.15. The van der Waals surface area contributed by atoms with E-state index >= 15 is 0 Å². The molecule has 21 heavy (non-hydrogen) atoms. The van der Waals surface area contributed by atoms with Crippen LogP contribution in [0.4, 0.5) is 10.1 Å². The zero-order valence-electron chi connectivity index (χ0n) is 13.4. The third-order valence-electron chi connectivity index (χ3n) is 3.49. The summed E-state index contributed by atoms with van der Waals surface area (Å²) in [7, 11) is 1.74. The minimum absolute atomic E-state index is 0.0126. The molecule has 0 aliphatic rings. The summed E-state index contributed by atoms with van der Waals surface area (Å²) in [6.07, 6.45) is 0. The lowest BCUT2D eigenvalue weighted by molar-refractivity contribution is -0.129. The second kappa shape index (κ2) is 8.62. The second-order valence-electron chi connectivity index (χ2n) is 4.99. The molecule has 0 saturated heterocycles. The van der Waals surface area contributed by atoms with Crippen LogP contribution in [0.5, 0.6) is 0 Å². The standard InChI is InChI=1S/C16H26FN3O/c1-5-18-11-13-8-9-15(14(17)10-13)19(4)12-16(21)20(6-2)7-3/h8-10,18H,5-7,11-12H2,1-4H3. The molecule has 0 spiro atoms. The molecule has 0 unspecified atom stereocenters. The van der Waals surface area contributed by atoms with E-state index in [-0.39, 0.29) is 18.3 Å². The minimum atomic E-state index is -0.291. The fraction of sp³-hybridized carbons (Fsp3) is 0.562. The second-order valence-corrected chi connectivity index (χ2v) is 4.99. The molecule has 5 heteroatoms. The van der Waals surface area contributed by atoms with Crippen LogP contribution in [0.25, 0.3) is 0 Å². The Morgan fingerprint density at radius 2 is 1.90 bits per heavy atom. The first-order chi connectivity index (χ1) is 10.0. The van der Waals surface area contributed by atoms with E-state index < -0.39 is 0 Å². The molecule has 1 aromatic carbocycles. The molecule has 118 valence electrons. The lowest BCUT2D eigenvalue weighted by Gasteiger charge is -2.24. The Bertz CT molecular complexity index is 461. The summed E-state index contributed by atoms with van der Waals surface area (Å²) >= 11 is 0. The maximum Gasteiger partial charge on any atom is 0.242 e. The van der Waals surface area contributed by atoms with Crippen LogP contribution in [0, 0.1) is 5.82 Å². The van der Waals surface area contributed by atoms with Gasteiger partial charge in [-0.05, 0) is 38.1 Å². The molecule has 0 aromatic heterocycles. The van der Waals surface area contributed by atoms with Crippen molar-refractivity contribution in [3.8, 4) is 0 Å². The van der Waals surface area contributed by atoms with Crippen molar-refractivity contribution in [1.82, 2.24) is 10.2 Å². The van der Waals surface area contributed by atoms with E-state index in [1.54, 1.807) is 22.9 Å². The van der Waals surface area contributed by atoms with Gasteiger partial charge in [-0.3, -0.25) is 4.79 Å². The zero-order chi connectivity index (χ0) is 15.8. The van der Waals surface area contributed by atoms with Gasteiger partial charge in [0.2, 0.25) is 5.91 Å². The predicted molar refractivity (Wildman–Crippen MR) is 85.0 cm³/mol. The highest BCUT2D eigenvalue weighted by Gasteiger charge is 2.15. The normalized spacial score (nSPS) is 10.5. The van der Waals surface area contributed by atoms with Crippen LogP contribution < -0.4 is 10.2 Å². The molecule has 0 heterocycles. The summed E-state index contributed by atoms with van der Waals surface area (Å²) in [5.74, 6) is -0.279. The summed E-state index contributed by atoms with van der Waals surface area (Å²) in [6, 6.07) is 5.15. The Morgan fingerprint density at radius 1 is 1.24 bits per heavy atom. The lowest BCUT2D eigenvalue weighted by atomic mass is 10.2. The lowest BCUT2D eigenvalue weighted by Crippen LogP contribution is -2.39. The van der Waals surface area contributed by atoms with E-state index in [1.807, 2.05) is 26.8 Å². The number of carbonyl (C=O) groups excluding carboxylic acids is 1. The van der Waals surface area contributed by atoms with Gasteiger partial charge in [0.1, 0.15) is 5.82 Å². The first-order valence-corrected chi connectivity index (χ1v) is 7.51. The Hall–Kier alpha value is -1.62. The van der Waals surface area contributed by atoms with Crippen LogP contribution in [0.3, 0.4) is 0 Å². The van der Waals surface area contributed by atoms with E-state index in [2.05, 4.69) is 5.32 Å². The van der Waals surface area contributed by atoms with E-state index in [9.17, 15) is 9.18 Å². The minimum Gasteiger partial charge on any atom is -0.363 e. The van der Waals surface area contributed by atoms with Gasteiger partial charge >= 0.3 is 0 Å². The molecule has 0 aliphatic carbocycles. The number of amides is 1. The molecule has 0 radical (unpaired) electrons. The number of hydrogen-bond donors (Lipinski definition) is 1. The monoisotopic (exact) mass is 295 g/mol. The average Bonchev–Trinajstić information content (AvgIpc) is 2.46. The van der Waals surface area contributed by atoms with Gasteiger partial charge in [0, 0.05) is 26.7 Å². The summed E-state index contributed by atoms with van der Waals surface area (Å²) in [5, 5.41) is 3.16. The van der Waals surface area contributed by atoms with Gasteiger partial charge in [-0.2, -0.15) is 0 Å². The molecule has 0 fully saturated rings. The highest BCUT2D eigenvalue weighted by atomic mass is 19.1. The van der Waals surface area contributed by atoms with Gasteiger partial charge in [-0.15, -0.1) is 0 Å².